The van der Waals surface area contributed by atoms with Gasteiger partial charge >= 0.3 is 0 Å². The first-order valence-electron chi connectivity index (χ1n) is 10.3. The van der Waals surface area contributed by atoms with E-state index in [9.17, 15) is 0 Å². The minimum atomic E-state index is 0.466. The highest BCUT2D eigenvalue weighted by atomic mass is 16.4. The summed E-state index contributed by atoms with van der Waals surface area (Å²) in [5.41, 5.74) is 3.17. The van der Waals surface area contributed by atoms with Crippen molar-refractivity contribution in [1.82, 2.24) is 9.97 Å². The molecule has 5 rings (SSSR count). The standard InChI is InChI=1S/C26H20N2O2/c1-3-5-7-9-23-27-25-19-11-12-20-18(17(19)13-15-21(25)29-23)14-16-22-26(20)28-24(30-22)10-8-6-4-2/h11-16H,3-6H2,1-2H3. The number of rotatable bonds is 2. The van der Waals surface area contributed by atoms with Crippen molar-refractivity contribution >= 4 is 43.7 Å². The molecule has 0 N–H and O–H groups in total. The van der Waals surface area contributed by atoms with Gasteiger partial charge in [-0.3, -0.25) is 0 Å². The minimum Gasteiger partial charge on any atom is -0.430 e. The van der Waals surface area contributed by atoms with E-state index >= 15 is 0 Å². The monoisotopic (exact) mass is 392 g/mol. The Hall–Kier alpha value is -3.76. The number of oxazole rings is 2. The number of benzene rings is 3. The van der Waals surface area contributed by atoms with Crippen molar-refractivity contribution in [2.75, 3.05) is 0 Å². The van der Waals surface area contributed by atoms with Gasteiger partial charge in [-0.25, -0.2) is 9.97 Å². The van der Waals surface area contributed by atoms with Crippen molar-refractivity contribution in [2.24, 2.45) is 0 Å². The highest BCUT2D eigenvalue weighted by Crippen LogP contribution is 2.34. The van der Waals surface area contributed by atoms with Gasteiger partial charge in [-0.15, -0.1) is 0 Å². The van der Waals surface area contributed by atoms with Crippen molar-refractivity contribution in [3.63, 3.8) is 0 Å². The molecular formula is C26H20N2O2. The number of hydrogen-bond acceptors (Lipinski definition) is 4. The first-order valence-corrected chi connectivity index (χ1v) is 10.3. The first kappa shape index (κ1) is 18.3. The minimum absolute atomic E-state index is 0.466. The van der Waals surface area contributed by atoms with E-state index in [2.05, 4.69) is 71.8 Å². The summed E-state index contributed by atoms with van der Waals surface area (Å²) in [6, 6.07) is 12.2. The summed E-state index contributed by atoms with van der Waals surface area (Å²) in [5.74, 6) is 13.2. The molecule has 0 aliphatic rings. The Kier molecular flexibility index (Phi) is 4.62. The lowest BCUT2D eigenvalue weighted by molar-refractivity contribution is 0.585. The molecule has 146 valence electrons. The first-order chi connectivity index (χ1) is 14.8. The highest BCUT2D eigenvalue weighted by molar-refractivity contribution is 6.19. The van der Waals surface area contributed by atoms with E-state index in [1.54, 1.807) is 0 Å². The quantitative estimate of drug-likeness (QED) is 0.251. The lowest BCUT2D eigenvalue weighted by atomic mass is 10.0. The second-order valence-electron chi connectivity index (χ2n) is 7.22. The van der Waals surface area contributed by atoms with Gasteiger partial charge in [-0.2, -0.15) is 0 Å². The third-order valence-corrected chi connectivity index (χ3v) is 5.05. The summed E-state index contributed by atoms with van der Waals surface area (Å²) in [6.45, 7) is 4.21. The van der Waals surface area contributed by atoms with E-state index in [4.69, 9.17) is 8.83 Å². The van der Waals surface area contributed by atoms with Crippen LogP contribution in [0.5, 0.6) is 0 Å². The van der Waals surface area contributed by atoms with Gasteiger partial charge in [0, 0.05) is 23.6 Å². The van der Waals surface area contributed by atoms with E-state index < -0.39 is 0 Å². The van der Waals surface area contributed by atoms with E-state index in [0.29, 0.717) is 11.8 Å². The largest absolute Gasteiger partial charge is 0.430 e. The predicted molar refractivity (Wildman–Crippen MR) is 120 cm³/mol. The van der Waals surface area contributed by atoms with Crippen LogP contribution in [0.25, 0.3) is 43.7 Å². The molecule has 3 aromatic carbocycles. The topological polar surface area (TPSA) is 52.1 Å². The van der Waals surface area contributed by atoms with Crippen LogP contribution in [0, 0.1) is 23.7 Å². The lowest BCUT2D eigenvalue weighted by Gasteiger charge is -2.04. The van der Waals surface area contributed by atoms with Crippen LogP contribution in [0.1, 0.15) is 51.3 Å². The zero-order chi connectivity index (χ0) is 20.5. The molecule has 0 saturated carbocycles. The second-order valence-corrected chi connectivity index (χ2v) is 7.22. The molecule has 2 aromatic heterocycles. The van der Waals surface area contributed by atoms with Crippen molar-refractivity contribution in [3.8, 4) is 23.7 Å². The number of unbranched alkanes of at least 4 members (excludes halogenated alkanes) is 2. The number of fused-ring (bicyclic) bond motifs is 7. The number of nitrogens with zero attached hydrogens (tertiary/aromatic N) is 2. The van der Waals surface area contributed by atoms with Crippen molar-refractivity contribution < 1.29 is 8.83 Å². The fraction of sp³-hybridized carbons (Fsp3) is 0.231. The zero-order valence-electron chi connectivity index (χ0n) is 17.0. The van der Waals surface area contributed by atoms with Crippen LogP contribution in [0.15, 0.2) is 45.2 Å². The Morgan fingerprint density at radius 2 is 1.07 bits per heavy atom. The highest BCUT2D eigenvalue weighted by Gasteiger charge is 2.13. The van der Waals surface area contributed by atoms with Crippen LogP contribution in [-0.2, 0) is 0 Å². The summed E-state index contributed by atoms with van der Waals surface area (Å²) in [4.78, 5) is 9.27. The Morgan fingerprint density at radius 1 is 0.633 bits per heavy atom. The van der Waals surface area contributed by atoms with Crippen molar-refractivity contribution in [2.45, 2.75) is 39.5 Å². The Balaban J connectivity index is 1.69. The Labute approximate surface area is 174 Å². The van der Waals surface area contributed by atoms with Crippen LogP contribution in [0.2, 0.25) is 0 Å². The molecule has 0 saturated heterocycles. The molecule has 0 unspecified atom stereocenters. The summed E-state index contributed by atoms with van der Waals surface area (Å²) in [7, 11) is 0. The third kappa shape index (κ3) is 3.08. The third-order valence-electron chi connectivity index (χ3n) is 5.05. The molecule has 4 nitrogen and oxygen atoms in total. The molecular weight excluding hydrogens is 372 g/mol. The Morgan fingerprint density at radius 3 is 1.50 bits per heavy atom. The number of hydrogen-bond donors (Lipinski definition) is 0. The molecule has 4 heteroatoms. The molecule has 0 bridgehead atoms. The van der Waals surface area contributed by atoms with Crippen LogP contribution in [0.4, 0.5) is 0 Å². The molecule has 0 aliphatic heterocycles. The average Bonchev–Trinajstić information content (AvgIpc) is 3.37. The predicted octanol–water partition coefficient (Wildman–Crippen LogP) is 6.58. The van der Waals surface area contributed by atoms with E-state index in [0.717, 1.165) is 69.4 Å². The maximum atomic E-state index is 5.83. The van der Waals surface area contributed by atoms with Gasteiger partial charge in [0.1, 0.15) is 11.0 Å². The summed E-state index contributed by atoms with van der Waals surface area (Å²) in [5, 5.41) is 4.28. The smallest absolute Gasteiger partial charge is 0.274 e. The maximum Gasteiger partial charge on any atom is 0.274 e. The van der Waals surface area contributed by atoms with Crippen molar-refractivity contribution in [3.05, 3.63) is 48.2 Å². The lowest BCUT2D eigenvalue weighted by Crippen LogP contribution is -1.82. The Bertz CT molecular complexity index is 1410. The second kappa shape index (κ2) is 7.58. The van der Waals surface area contributed by atoms with E-state index in [-0.39, 0.29) is 0 Å². The summed E-state index contributed by atoms with van der Waals surface area (Å²) in [6.07, 6.45) is 3.71. The fourth-order valence-corrected chi connectivity index (χ4v) is 3.64. The molecule has 0 spiro atoms. The molecule has 30 heavy (non-hydrogen) atoms. The normalized spacial score (nSPS) is 11.0. The maximum absolute atomic E-state index is 5.83. The van der Waals surface area contributed by atoms with Gasteiger partial charge in [0.15, 0.2) is 11.2 Å². The zero-order valence-corrected chi connectivity index (χ0v) is 17.0. The van der Waals surface area contributed by atoms with E-state index in [1.165, 1.54) is 0 Å². The summed E-state index contributed by atoms with van der Waals surface area (Å²) < 4.78 is 11.7. The van der Waals surface area contributed by atoms with Gasteiger partial charge in [0.05, 0.1) is 0 Å². The molecule has 0 amide bonds. The van der Waals surface area contributed by atoms with Crippen LogP contribution in [0.3, 0.4) is 0 Å². The summed E-state index contributed by atoms with van der Waals surface area (Å²) >= 11 is 0. The fourth-order valence-electron chi connectivity index (χ4n) is 3.64. The molecule has 0 radical (unpaired) electrons. The van der Waals surface area contributed by atoms with Crippen LogP contribution < -0.4 is 0 Å². The van der Waals surface area contributed by atoms with Crippen LogP contribution >= 0.6 is 0 Å². The molecule has 2 heterocycles. The van der Waals surface area contributed by atoms with Gasteiger partial charge in [0.25, 0.3) is 11.8 Å². The van der Waals surface area contributed by atoms with Crippen molar-refractivity contribution in [1.29, 1.82) is 0 Å². The number of aromatic nitrogens is 2. The van der Waals surface area contributed by atoms with Gasteiger partial charge in [-0.05, 0) is 59.7 Å². The molecule has 0 atom stereocenters. The molecule has 0 aliphatic carbocycles. The van der Waals surface area contributed by atoms with Gasteiger partial charge in [0.2, 0.25) is 0 Å². The van der Waals surface area contributed by atoms with Gasteiger partial charge in [-0.1, -0.05) is 37.8 Å². The van der Waals surface area contributed by atoms with E-state index in [1.807, 2.05) is 12.1 Å². The van der Waals surface area contributed by atoms with Crippen LogP contribution in [-0.4, -0.2) is 9.97 Å². The SMILES string of the molecule is CCCC#Cc1nc2c(ccc3c4ccc5oc(C#CCCC)nc5c4ccc32)o1. The van der Waals surface area contributed by atoms with Gasteiger partial charge < -0.3 is 8.83 Å². The molecule has 0 fully saturated rings. The average molecular weight is 392 g/mol. The molecule has 5 aromatic rings.